The zero-order valence-corrected chi connectivity index (χ0v) is 13.5. The number of thioether (sulfide) groups is 1. The molecule has 1 aromatic carbocycles. The lowest BCUT2D eigenvalue weighted by Gasteiger charge is -2.14. The van der Waals surface area contributed by atoms with Crippen LogP contribution in [0.25, 0.3) is 0 Å². The third kappa shape index (κ3) is 3.65. The molecule has 0 spiro atoms. The minimum absolute atomic E-state index is 0.175. The first-order chi connectivity index (χ1) is 10.5. The van der Waals surface area contributed by atoms with Crippen molar-refractivity contribution in [2.24, 2.45) is 0 Å². The minimum atomic E-state index is -0.353. The van der Waals surface area contributed by atoms with Crippen LogP contribution in [0.4, 0.5) is 5.69 Å². The quantitative estimate of drug-likeness (QED) is 0.858. The lowest BCUT2D eigenvalue weighted by atomic mass is 10.2. The number of amides is 1. The number of nitrogens with zero attached hydrogens (tertiary/aromatic N) is 4. The van der Waals surface area contributed by atoms with Crippen molar-refractivity contribution in [1.29, 1.82) is 5.26 Å². The van der Waals surface area contributed by atoms with Crippen molar-refractivity contribution in [3.05, 3.63) is 36.2 Å². The number of carbonyl (C=O) groups is 1. The Bertz CT molecular complexity index is 704. The summed E-state index contributed by atoms with van der Waals surface area (Å²) in [5, 5.41) is 20.1. The first kappa shape index (κ1) is 16.0. The molecule has 0 aliphatic heterocycles. The summed E-state index contributed by atoms with van der Waals surface area (Å²) in [5.74, 6) is -0.175. The van der Waals surface area contributed by atoms with Gasteiger partial charge in [-0.1, -0.05) is 23.9 Å². The Labute approximate surface area is 133 Å². The van der Waals surface area contributed by atoms with Gasteiger partial charge in [0.2, 0.25) is 5.91 Å². The zero-order valence-electron chi connectivity index (χ0n) is 12.6. The molecule has 22 heavy (non-hydrogen) atoms. The van der Waals surface area contributed by atoms with Gasteiger partial charge >= 0.3 is 0 Å². The number of para-hydroxylation sites is 1. The highest BCUT2D eigenvalue weighted by atomic mass is 32.2. The molecule has 1 atom stereocenters. The molecule has 1 amide bonds. The van der Waals surface area contributed by atoms with Crippen molar-refractivity contribution in [3.63, 3.8) is 0 Å². The van der Waals surface area contributed by atoms with E-state index in [1.807, 2.05) is 18.4 Å². The fourth-order valence-corrected chi connectivity index (χ4v) is 2.76. The van der Waals surface area contributed by atoms with E-state index < -0.39 is 0 Å². The number of carbonyl (C=O) groups excluding carboxylic acids is 1. The molecule has 0 aliphatic rings. The van der Waals surface area contributed by atoms with Crippen molar-refractivity contribution >= 4 is 23.4 Å². The van der Waals surface area contributed by atoms with Gasteiger partial charge in [-0.2, -0.15) is 5.26 Å². The third-order valence-electron chi connectivity index (χ3n) is 3.05. The standard InChI is InChI=1S/C15H17N5OS/c1-10(2)20-9-17-19-15(20)22-11(3)14(21)18-13-7-5-4-6-12(13)8-16/h4-7,9-11H,1-3H3,(H,18,21)/t11-/m1/s1. The number of hydrogen-bond donors (Lipinski definition) is 1. The number of aromatic nitrogens is 3. The molecule has 114 valence electrons. The van der Waals surface area contributed by atoms with Gasteiger partial charge in [0.05, 0.1) is 16.5 Å². The van der Waals surface area contributed by atoms with Crippen LogP contribution >= 0.6 is 11.8 Å². The molecule has 0 saturated heterocycles. The fourth-order valence-electron chi connectivity index (χ4n) is 1.81. The highest BCUT2D eigenvalue weighted by molar-refractivity contribution is 8.00. The average Bonchev–Trinajstić information content (AvgIpc) is 2.96. The first-order valence-corrected chi connectivity index (χ1v) is 7.77. The zero-order chi connectivity index (χ0) is 16.1. The summed E-state index contributed by atoms with van der Waals surface area (Å²) < 4.78 is 1.91. The van der Waals surface area contributed by atoms with E-state index in [-0.39, 0.29) is 17.2 Å². The number of nitrogens with one attached hydrogen (secondary N) is 1. The van der Waals surface area contributed by atoms with E-state index in [0.717, 1.165) is 0 Å². The molecule has 6 nitrogen and oxygen atoms in total. The fraction of sp³-hybridized carbons (Fsp3) is 0.333. The molecule has 1 heterocycles. The van der Waals surface area contributed by atoms with E-state index in [9.17, 15) is 4.79 Å². The Morgan fingerprint density at radius 2 is 2.09 bits per heavy atom. The monoisotopic (exact) mass is 315 g/mol. The Morgan fingerprint density at radius 1 is 1.36 bits per heavy atom. The lowest BCUT2D eigenvalue weighted by Crippen LogP contribution is -2.23. The molecule has 1 N–H and O–H groups in total. The van der Waals surface area contributed by atoms with Crippen molar-refractivity contribution in [1.82, 2.24) is 14.8 Å². The third-order valence-corrected chi connectivity index (χ3v) is 4.12. The average molecular weight is 315 g/mol. The van der Waals surface area contributed by atoms with E-state index in [0.29, 0.717) is 16.4 Å². The van der Waals surface area contributed by atoms with Crippen LogP contribution in [0.5, 0.6) is 0 Å². The number of hydrogen-bond acceptors (Lipinski definition) is 5. The highest BCUT2D eigenvalue weighted by Gasteiger charge is 2.19. The van der Waals surface area contributed by atoms with Crippen molar-refractivity contribution in [2.75, 3.05) is 5.32 Å². The summed E-state index contributed by atoms with van der Waals surface area (Å²) in [5.41, 5.74) is 0.964. The maximum atomic E-state index is 12.3. The van der Waals surface area contributed by atoms with Crippen LogP contribution in [0.15, 0.2) is 35.7 Å². The topological polar surface area (TPSA) is 83.6 Å². The van der Waals surface area contributed by atoms with Crippen LogP contribution in [-0.2, 0) is 4.79 Å². The van der Waals surface area contributed by atoms with Gasteiger partial charge in [-0.25, -0.2) is 0 Å². The summed E-state index contributed by atoms with van der Waals surface area (Å²) in [4.78, 5) is 12.3. The molecule has 7 heteroatoms. The van der Waals surface area contributed by atoms with Crippen LogP contribution in [0, 0.1) is 11.3 Å². The molecule has 2 aromatic rings. The van der Waals surface area contributed by atoms with Gasteiger partial charge in [-0.15, -0.1) is 10.2 Å². The second kappa shape index (κ2) is 7.09. The van der Waals surface area contributed by atoms with E-state index in [2.05, 4.69) is 21.6 Å². The molecule has 0 saturated carbocycles. The molecular weight excluding hydrogens is 298 g/mol. The SMILES string of the molecule is CC(C)n1cnnc1S[C@H](C)C(=O)Nc1ccccc1C#N. The van der Waals surface area contributed by atoms with Gasteiger partial charge in [-0.05, 0) is 32.9 Å². The largest absolute Gasteiger partial charge is 0.324 e. The van der Waals surface area contributed by atoms with Gasteiger partial charge < -0.3 is 9.88 Å². The highest BCUT2D eigenvalue weighted by Crippen LogP contribution is 2.24. The van der Waals surface area contributed by atoms with E-state index in [4.69, 9.17) is 5.26 Å². The normalized spacial score (nSPS) is 12.0. The second-order valence-electron chi connectivity index (χ2n) is 5.02. The smallest absolute Gasteiger partial charge is 0.237 e. The minimum Gasteiger partial charge on any atom is -0.324 e. The predicted molar refractivity (Wildman–Crippen MR) is 85.5 cm³/mol. The molecule has 0 unspecified atom stereocenters. The summed E-state index contributed by atoms with van der Waals surface area (Å²) in [6.07, 6.45) is 1.66. The number of nitriles is 1. The summed E-state index contributed by atoms with van der Waals surface area (Å²) >= 11 is 1.34. The summed E-state index contributed by atoms with van der Waals surface area (Å²) in [6, 6.07) is 9.22. The lowest BCUT2D eigenvalue weighted by molar-refractivity contribution is -0.115. The Kier molecular flexibility index (Phi) is 5.17. The maximum Gasteiger partial charge on any atom is 0.237 e. The van der Waals surface area contributed by atoms with Gasteiger partial charge in [0.15, 0.2) is 5.16 Å². The van der Waals surface area contributed by atoms with E-state index in [1.54, 1.807) is 37.5 Å². The maximum absolute atomic E-state index is 12.3. The molecule has 0 radical (unpaired) electrons. The van der Waals surface area contributed by atoms with E-state index >= 15 is 0 Å². The van der Waals surface area contributed by atoms with Crippen LogP contribution in [-0.4, -0.2) is 25.9 Å². The molecule has 2 rings (SSSR count). The number of anilines is 1. The molecule has 0 bridgehead atoms. The summed E-state index contributed by atoms with van der Waals surface area (Å²) in [6.45, 7) is 5.86. The van der Waals surface area contributed by atoms with Gasteiger partial charge in [0, 0.05) is 6.04 Å². The van der Waals surface area contributed by atoms with Crippen molar-refractivity contribution in [2.45, 2.75) is 37.2 Å². The van der Waals surface area contributed by atoms with Crippen LogP contribution in [0.3, 0.4) is 0 Å². The van der Waals surface area contributed by atoms with Crippen LogP contribution in [0.2, 0.25) is 0 Å². The Morgan fingerprint density at radius 3 is 2.77 bits per heavy atom. The first-order valence-electron chi connectivity index (χ1n) is 6.89. The number of benzene rings is 1. The molecule has 1 aromatic heterocycles. The second-order valence-corrected chi connectivity index (χ2v) is 6.33. The molecular formula is C15H17N5OS. The van der Waals surface area contributed by atoms with Crippen LogP contribution < -0.4 is 5.32 Å². The van der Waals surface area contributed by atoms with Crippen molar-refractivity contribution in [3.8, 4) is 6.07 Å². The van der Waals surface area contributed by atoms with E-state index in [1.165, 1.54) is 11.8 Å². The number of rotatable bonds is 5. The van der Waals surface area contributed by atoms with Gasteiger partial charge in [0.25, 0.3) is 0 Å². The molecule has 0 fully saturated rings. The van der Waals surface area contributed by atoms with Crippen LogP contribution in [0.1, 0.15) is 32.4 Å². The van der Waals surface area contributed by atoms with Gasteiger partial charge in [0.1, 0.15) is 12.4 Å². The van der Waals surface area contributed by atoms with Gasteiger partial charge in [-0.3, -0.25) is 4.79 Å². The Balaban J connectivity index is 2.07. The molecule has 0 aliphatic carbocycles. The predicted octanol–water partition coefficient (Wildman–Crippen LogP) is 2.85. The summed E-state index contributed by atoms with van der Waals surface area (Å²) in [7, 11) is 0. The van der Waals surface area contributed by atoms with Crippen molar-refractivity contribution < 1.29 is 4.79 Å². The Hall–Kier alpha value is -2.33.